The van der Waals surface area contributed by atoms with E-state index in [0.29, 0.717) is 18.5 Å². The van der Waals surface area contributed by atoms with Gasteiger partial charge in [0.15, 0.2) is 0 Å². The van der Waals surface area contributed by atoms with Crippen LogP contribution in [-0.4, -0.2) is 45.7 Å². The maximum atomic E-state index is 13.6. The fourth-order valence-corrected chi connectivity index (χ4v) is 4.75. The summed E-state index contributed by atoms with van der Waals surface area (Å²) in [6, 6.07) is 22.2. The summed E-state index contributed by atoms with van der Waals surface area (Å²) in [7, 11) is 0. The molecule has 4 aromatic rings. The number of hydrogen-bond acceptors (Lipinski definition) is 2. The van der Waals surface area contributed by atoms with E-state index in [-0.39, 0.29) is 30.9 Å². The van der Waals surface area contributed by atoms with Gasteiger partial charge in [0.2, 0.25) is 11.8 Å². The molecule has 1 aromatic heterocycles. The van der Waals surface area contributed by atoms with Crippen molar-refractivity contribution in [2.24, 2.45) is 0 Å². The number of carbonyl (C=O) groups excluding carboxylic acids is 2. The van der Waals surface area contributed by atoms with E-state index in [1.54, 1.807) is 15.9 Å². The van der Waals surface area contributed by atoms with Gasteiger partial charge in [-0.1, -0.05) is 60.7 Å². The van der Waals surface area contributed by atoms with Gasteiger partial charge in [-0.2, -0.15) is 13.2 Å². The Bertz CT molecular complexity index is 1490. The summed E-state index contributed by atoms with van der Waals surface area (Å²) in [4.78, 5) is 33.2. The largest absolute Gasteiger partial charge is 0.416 e. The first kappa shape index (κ1) is 27.2. The van der Waals surface area contributed by atoms with Gasteiger partial charge in [0, 0.05) is 42.3 Å². The molecule has 0 bridgehead atoms. The van der Waals surface area contributed by atoms with Crippen LogP contribution in [0.2, 0.25) is 0 Å². The van der Waals surface area contributed by atoms with Crippen LogP contribution in [0, 0.1) is 0 Å². The van der Waals surface area contributed by atoms with Gasteiger partial charge >= 0.3 is 6.18 Å². The van der Waals surface area contributed by atoms with Gasteiger partial charge in [0.1, 0.15) is 6.54 Å². The molecule has 0 spiro atoms. The summed E-state index contributed by atoms with van der Waals surface area (Å²) in [5, 5.41) is 1.06. The second-order valence-electron chi connectivity index (χ2n) is 10.1. The zero-order chi connectivity index (χ0) is 28.1. The maximum absolute atomic E-state index is 13.6. The van der Waals surface area contributed by atoms with Crippen molar-refractivity contribution in [3.05, 3.63) is 113 Å². The Balaban J connectivity index is 1.33. The maximum Gasteiger partial charge on any atom is 0.416 e. The van der Waals surface area contributed by atoms with E-state index in [4.69, 9.17) is 0 Å². The third-order valence-corrected chi connectivity index (χ3v) is 7.13. The van der Waals surface area contributed by atoms with Crippen molar-refractivity contribution >= 4 is 28.8 Å². The molecule has 0 aliphatic heterocycles. The second kappa shape index (κ2) is 11.8. The number of H-pyrrole nitrogens is 1. The number of carbonyl (C=O) groups is 2. The average molecular weight is 546 g/mol. The minimum atomic E-state index is -4.43. The number of benzene rings is 3. The van der Waals surface area contributed by atoms with Crippen molar-refractivity contribution in [2.75, 3.05) is 13.1 Å². The lowest BCUT2D eigenvalue weighted by atomic mass is 10.1. The van der Waals surface area contributed by atoms with Gasteiger partial charge in [-0.15, -0.1) is 0 Å². The monoisotopic (exact) mass is 545 g/mol. The molecule has 1 fully saturated rings. The van der Waals surface area contributed by atoms with Crippen LogP contribution in [0.25, 0.3) is 17.0 Å². The van der Waals surface area contributed by atoms with Crippen LogP contribution in [0.4, 0.5) is 13.2 Å². The van der Waals surface area contributed by atoms with Gasteiger partial charge < -0.3 is 14.8 Å². The number of alkyl halides is 3. The van der Waals surface area contributed by atoms with E-state index < -0.39 is 11.7 Å². The van der Waals surface area contributed by atoms with Gasteiger partial charge in [-0.05, 0) is 60.2 Å². The number of nitrogens with zero attached hydrogens (tertiary/aromatic N) is 2. The van der Waals surface area contributed by atoms with Crippen LogP contribution in [0.5, 0.6) is 0 Å². The van der Waals surface area contributed by atoms with E-state index in [1.165, 1.54) is 18.2 Å². The zero-order valence-corrected chi connectivity index (χ0v) is 21.9. The molecule has 40 heavy (non-hydrogen) atoms. The van der Waals surface area contributed by atoms with Crippen LogP contribution in [0.15, 0.2) is 91.1 Å². The molecule has 0 radical (unpaired) electrons. The number of aromatic nitrogens is 1. The molecule has 0 unspecified atom stereocenters. The van der Waals surface area contributed by atoms with Crippen LogP contribution in [0.3, 0.4) is 0 Å². The number of amides is 2. The number of rotatable bonds is 10. The Morgan fingerprint density at radius 2 is 1.62 bits per heavy atom. The van der Waals surface area contributed by atoms with E-state index in [2.05, 4.69) is 4.98 Å². The minimum Gasteiger partial charge on any atom is -0.361 e. The number of nitrogens with one attached hydrogen (secondary N) is 1. The normalized spacial score (nSPS) is 13.6. The summed E-state index contributed by atoms with van der Waals surface area (Å²) < 4.78 is 39.2. The first-order valence-electron chi connectivity index (χ1n) is 13.3. The van der Waals surface area contributed by atoms with Crippen molar-refractivity contribution in [1.82, 2.24) is 14.8 Å². The number of hydrogen-bond donors (Lipinski definition) is 1. The molecule has 1 heterocycles. The molecule has 5 rings (SSSR count). The molecule has 1 saturated carbocycles. The lowest BCUT2D eigenvalue weighted by molar-refractivity contribution is -0.139. The highest BCUT2D eigenvalue weighted by atomic mass is 19.4. The van der Waals surface area contributed by atoms with Crippen molar-refractivity contribution in [3.8, 4) is 0 Å². The first-order valence-corrected chi connectivity index (χ1v) is 13.3. The molecule has 8 heteroatoms. The van der Waals surface area contributed by atoms with E-state index >= 15 is 0 Å². The zero-order valence-electron chi connectivity index (χ0n) is 21.9. The number of fused-ring (bicyclic) bond motifs is 1. The fraction of sp³-hybridized carbons (Fsp3) is 0.250. The molecular formula is C32H30F3N3O2. The lowest BCUT2D eigenvalue weighted by Crippen LogP contribution is -2.43. The fourth-order valence-electron chi connectivity index (χ4n) is 4.75. The Hall–Kier alpha value is -4.33. The lowest BCUT2D eigenvalue weighted by Gasteiger charge is -2.27. The standard InChI is InChI=1S/C32H30F3N3O2/c33-32(34,35)26-13-10-24(11-14-26)21-37(19-18-25-20-36-29-9-5-4-8-28(25)29)31(40)22-38(27-15-16-27)30(39)17-12-23-6-2-1-3-7-23/h1-14,17,20,27,36H,15-16,18-19,21-22H2. The van der Waals surface area contributed by atoms with Crippen LogP contribution < -0.4 is 0 Å². The minimum absolute atomic E-state index is 0.0124. The molecule has 1 aliphatic rings. The van der Waals surface area contributed by atoms with Crippen molar-refractivity contribution < 1.29 is 22.8 Å². The quantitative estimate of drug-likeness (QED) is 0.233. The number of para-hydroxylation sites is 1. The smallest absolute Gasteiger partial charge is 0.361 e. The third kappa shape index (κ3) is 6.81. The Morgan fingerprint density at radius 3 is 2.33 bits per heavy atom. The van der Waals surface area contributed by atoms with Crippen molar-refractivity contribution in [3.63, 3.8) is 0 Å². The highest BCUT2D eigenvalue weighted by Gasteiger charge is 2.34. The van der Waals surface area contributed by atoms with Gasteiger partial charge in [0.05, 0.1) is 5.56 Å². The van der Waals surface area contributed by atoms with Crippen molar-refractivity contribution in [2.45, 2.75) is 38.0 Å². The molecule has 2 amide bonds. The van der Waals surface area contributed by atoms with E-state index in [1.807, 2.05) is 60.8 Å². The topological polar surface area (TPSA) is 56.4 Å². The van der Waals surface area contributed by atoms with Crippen molar-refractivity contribution in [1.29, 1.82) is 0 Å². The molecule has 0 saturated heterocycles. The molecule has 0 atom stereocenters. The van der Waals surface area contributed by atoms with Crippen LogP contribution >= 0.6 is 0 Å². The SMILES string of the molecule is O=C(CN(C(=O)C=Cc1ccccc1)C1CC1)N(CCc1c[nH]c2ccccc12)Cc1ccc(C(F)(F)F)cc1. The first-order chi connectivity index (χ1) is 19.3. The van der Waals surface area contributed by atoms with E-state index in [9.17, 15) is 22.8 Å². The predicted octanol–water partition coefficient (Wildman–Crippen LogP) is 6.46. The second-order valence-corrected chi connectivity index (χ2v) is 10.1. The van der Waals surface area contributed by atoms with Gasteiger partial charge in [0.25, 0.3) is 0 Å². The molecule has 3 aromatic carbocycles. The molecule has 206 valence electrons. The van der Waals surface area contributed by atoms with Gasteiger partial charge in [-0.25, -0.2) is 0 Å². The Labute approximate surface area is 230 Å². The molecule has 1 N–H and O–H groups in total. The average Bonchev–Trinajstić information content (AvgIpc) is 3.72. The summed E-state index contributed by atoms with van der Waals surface area (Å²) in [6.45, 7) is 0.414. The molecule has 5 nitrogen and oxygen atoms in total. The molecule has 1 aliphatic carbocycles. The third-order valence-electron chi connectivity index (χ3n) is 7.13. The van der Waals surface area contributed by atoms with E-state index in [0.717, 1.165) is 47.0 Å². The summed E-state index contributed by atoms with van der Waals surface area (Å²) in [6.07, 6.45) is 2.95. The number of aromatic amines is 1. The highest BCUT2D eigenvalue weighted by molar-refractivity contribution is 5.95. The highest BCUT2D eigenvalue weighted by Crippen LogP contribution is 2.30. The van der Waals surface area contributed by atoms with Gasteiger partial charge in [-0.3, -0.25) is 9.59 Å². The Morgan fingerprint density at radius 1 is 0.925 bits per heavy atom. The number of halogens is 3. The summed E-state index contributed by atoms with van der Waals surface area (Å²) in [5.41, 5.74) is 2.79. The summed E-state index contributed by atoms with van der Waals surface area (Å²) in [5.74, 6) is -0.473. The van der Waals surface area contributed by atoms with Crippen LogP contribution in [-0.2, 0) is 28.7 Å². The Kier molecular flexibility index (Phi) is 8.05. The molecular weight excluding hydrogens is 515 g/mol. The van der Waals surface area contributed by atoms with Crippen LogP contribution in [0.1, 0.15) is 35.1 Å². The summed E-state index contributed by atoms with van der Waals surface area (Å²) >= 11 is 0. The predicted molar refractivity (Wildman–Crippen MR) is 149 cm³/mol.